The zero-order valence-corrected chi connectivity index (χ0v) is 29.0. The van der Waals surface area contributed by atoms with E-state index in [1.807, 2.05) is 20.8 Å². The number of sulfone groups is 2. The Balaban J connectivity index is 0.000000257. The molecule has 12 heteroatoms. The van der Waals surface area contributed by atoms with Crippen LogP contribution in [0.15, 0.2) is 58.3 Å². The number of hydrogen-bond acceptors (Lipinski definition) is 7. The van der Waals surface area contributed by atoms with Gasteiger partial charge < -0.3 is 15.0 Å². The standard InChI is InChI=1S/C19H28FNO4S.C14H20FNO2S/c1-18(2,3)25-17(22)21-11-9-14(10-12-21)19(4,5)26(23,24)16-8-6-7-15(20)13-16;1-14(2,11-6-8-16-9-7-11)19(17,18)13-5-3-4-12(15)10-13/h6-8,13-14H,9-12H2,1-5H3;3-5,10-11,16H,6-9H2,1-2H3. The summed E-state index contributed by atoms with van der Waals surface area (Å²) < 4.78 is 81.7. The summed E-state index contributed by atoms with van der Waals surface area (Å²) in [6, 6.07) is 10.4. The fraction of sp³-hybridized carbons (Fsp3) is 0.606. The Hall–Kier alpha value is -2.57. The van der Waals surface area contributed by atoms with E-state index < -0.39 is 46.4 Å². The molecule has 8 nitrogen and oxygen atoms in total. The van der Waals surface area contributed by atoms with Crippen LogP contribution in [-0.2, 0) is 24.4 Å². The van der Waals surface area contributed by atoms with Crippen LogP contribution in [0, 0.1) is 23.5 Å². The van der Waals surface area contributed by atoms with Crippen molar-refractivity contribution in [2.45, 2.75) is 99.0 Å². The Bertz CT molecular complexity index is 1540. The van der Waals surface area contributed by atoms with Gasteiger partial charge in [-0.3, -0.25) is 0 Å². The predicted octanol–water partition coefficient (Wildman–Crippen LogP) is 6.40. The second-order valence-corrected chi connectivity index (χ2v) is 19.0. The number of hydrogen-bond donors (Lipinski definition) is 1. The van der Waals surface area contributed by atoms with Gasteiger partial charge in [0.15, 0.2) is 19.7 Å². The van der Waals surface area contributed by atoms with E-state index in [1.54, 1.807) is 32.6 Å². The van der Waals surface area contributed by atoms with E-state index in [4.69, 9.17) is 4.74 Å². The van der Waals surface area contributed by atoms with Crippen LogP contribution < -0.4 is 5.32 Å². The van der Waals surface area contributed by atoms with Gasteiger partial charge in [0.05, 0.1) is 19.3 Å². The first kappa shape index (κ1) is 36.9. The fourth-order valence-electron chi connectivity index (χ4n) is 5.92. The van der Waals surface area contributed by atoms with Crippen molar-refractivity contribution in [2.75, 3.05) is 26.2 Å². The van der Waals surface area contributed by atoms with E-state index in [-0.39, 0.29) is 27.7 Å². The number of nitrogens with zero attached hydrogens (tertiary/aromatic N) is 1. The molecule has 0 atom stereocenters. The molecule has 0 bridgehead atoms. The van der Waals surface area contributed by atoms with Crippen molar-refractivity contribution < 1.29 is 35.1 Å². The van der Waals surface area contributed by atoms with Crippen molar-refractivity contribution >= 4 is 25.8 Å². The number of piperidine rings is 2. The fourth-order valence-corrected chi connectivity index (χ4v) is 9.53. The maximum atomic E-state index is 13.5. The van der Waals surface area contributed by atoms with Crippen molar-refractivity contribution in [3.8, 4) is 0 Å². The Morgan fingerprint density at radius 3 is 1.51 bits per heavy atom. The number of carbonyl (C=O) groups excluding carboxylic acids is 1. The average molecular weight is 671 g/mol. The zero-order valence-electron chi connectivity index (χ0n) is 27.4. The lowest BCUT2D eigenvalue weighted by atomic mass is 9.86. The summed E-state index contributed by atoms with van der Waals surface area (Å²) in [6.45, 7) is 14.9. The van der Waals surface area contributed by atoms with Crippen LogP contribution in [0.4, 0.5) is 13.6 Å². The Morgan fingerprint density at radius 1 is 0.733 bits per heavy atom. The summed E-state index contributed by atoms with van der Waals surface area (Å²) in [5.41, 5.74) is -0.562. The Morgan fingerprint density at radius 2 is 1.13 bits per heavy atom. The van der Waals surface area contributed by atoms with Crippen LogP contribution in [0.1, 0.15) is 74.1 Å². The minimum Gasteiger partial charge on any atom is -0.444 e. The number of amides is 1. The predicted molar refractivity (Wildman–Crippen MR) is 171 cm³/mol. The van der Waals surface area contributed by atoms with E-state index in [0.29, 0.717) is 25.9 Å². The van der Waals surface area contributed by atoms with Gasteiger partial charge >= 0.3 is 6.09 Å². The van der Waals surface area contributed by atoms with Crippen molar-refractivity contribution in [1.29, 1.82) is 0 Å². The second kappa shape index (κ2) is 14.0. The highest BCUT2D eigenvalue weighted by molar-refractivity contribution is 7.93. The molecular formula is C33H48F2N2O6S2. The maximum Gasteiger partial charge on any atom is 0.410 e. The highest BCUT2D eigenvalue weighted by Gasteiger charge is 2.45. The molecule has 0 aromatic heterocycles. The van der Waals surface area contributed by atoms with Crippen LogP contribution in [0.2, 0.25) is 0 Å². The molecule has 2 aromatic carbocycles. The summed E-state index contributed by atoms with van der Waals surface area (Å²) in [7, 11) is -7.23. The molecule has 2 aromatic rings. The van der Waals surface area contributed by atoms with Crippen molar-refractivity contribution in [3.63, 3.8) is 0 Å². The molecule has 4 rings (SSSR count). The van der Waals surface area contributed by atoms with Gasteiger partial charge in [0.2, 0.25) is 0 Å². The van der Waals surface area contributed by atoms with Crippen molar-refractivity contribution in [3.05, 3.63) is 60.2 Å². The molecule has 0 aliphatic carbocycles. The number of nitrogens with one attached hydrogen (secondary N) is 1. The number of ether oxygens (including phenoxy) is 1. The molecule has 1 N–H and O–H groups in total. The topological polar surface area (TPSA) is 110 Å². The van der Waals surface area contributed by atoms with Gasteiger partial charge in [-0.05, 0) is 135 Å². The molecule has 2 heterocycles. The van der Waals surface area contributed by atoms with Gasteiger partial charge in [-0.1, -0.05) is 12.1 Å². The third-order valence-corrected chi connectivity index (χ3v) is 14.2. The molecule has 1 amide bonds. The number of benzene rings is 2. The van der Waals surface area contributed by atoms with Crippen LogP contribution in [0.3, 0.4) is 0 Å². The largest absolute Gasteiger partial charge is 0.444 e. The molecule has 2 aliphatic rings. The first-order valence-corrected chi connectivity index (χ1v) is 18.4. The lowest BCUT2D eigenvalue weighted by Crippen LogP contribution is -2.48. The van der Waals surface area contributed by atoms with Crippen LogP contribution in [-0.4, -0.2) is 69.1 Å². The van der Waals surface area contributed by atoms with E-state index in [1.165, 1.54) is 36.4 Å². The molecule has 252 valence electrons. The minimum atomic E-state index is -3.70. The van der Waals surface area contributed by atoms with Gasteiger partial charge in [-0.25, -0.2) is 30.4 Å². The summed E-state index contributed by atoms with van der Waals surface area (Å²) in [5, 5.41) is 3.23. The lowest BCUT2D eigenvalue weighted by molar-refractivity contribution is 0.0172. The number of carbonyl (C=O) groups is 1. The molecular weight excluding hydrogens is 623 g/mol. The second-order valence-electron chi connectivity index (χ2n) is 13.9. The summed E-state index contributed by atoms with van der Waals surface area (Å²) in [6.07, 6.45) is 2.41. The number of halogens is 2. The summed E-state index contributed by atoms with van der Waals surface area (Å²) in [4.78, 5) is 13.9. The van der Waals surface area contributed by atoms with Crippen molar-refractivity contribution in [1.82, 2.24) is 10.2 Å². The third kappa shape index (κ3) is 8.62. The molecule has 2 fully saturated rings. The molecule has 0 radical (unpaired) electrons. The molecule has 45 heavy (non-hydrogen) atoms. The van der Waals surface area contributed by atoms with Gasteiger partial charge in [0, 0.05) is 13.1 Å². The summed E-state index contributed by atoms with van der Waals surface area (Å²) >= 11 is 0. The number of likely N-dealkylation sites (tertiary alicyclic amines) is 1. The first-order chi connectivity index (χ1) is 20.7. The van der Waals surface area contributed by atoms with Crippen LogP contribution in [0.5, 0.6) is 0 Å². The van der Waals surface area contributed by atoms with Gasteiger partial charge in [-0.2, -0.15) is 0 Å². The Kier molecular flexibility index (Phi) is 11.5. The highest BCUT2D eigenvalue weighted by atomic mass is 32.2. The summed E-state index contributed by atoms with van der Waals surface area (Å²) in [5.74, 6) is -1.11. The van der Waals surface area contributed by atoms with Crippen molar-refractivity contribution in [2.24, 2.45) is 11.8 Å². The molecule has 0 spiro atoms. The van der Waals surface area contributed by atoms with E-state index in [2.05, 4.69) is 5.32 Å². The van der Waals surface area contributed by atoms with Crippen LogP contribution in [0.25, 0.3) is 0 Å². The molecule has 0 unspecified atom stereocenters. The molecule has 2 saturated heterocycles. The first-order valence-electron chi connectivity index (χ1n) is 15.4. The lowest BCUT2D eigenvalue weighted by Gasteiger charge is -2.40. The smallest absolute Gasteiger partial charge is 0.410 e. The maximum absolute atomic E-state index is 13.5. The van der Waals surface area contributed by atoms with Crippen LogP contribution >= 0.6 is 0 Å². The van der Waals surface area contributed by atoms with E-state index in [9.17, 15) is 30.4 Å². The monoisotopic (exact) mass is 670 g/mol. The SMILES string of the molecule is CC(C)(C)OC(=O)N1CCC(C(C)(C)S(=O)(=O)c2cccc(F)c2)CC1.CC(C)(C1CCNCC1)S(=O)(=O)c1cccc(F)c1. The zero-order chi connectivity index (χ0) is 33.8. The molecule has 0 saturated carbocycles. The Labute approximate surface area is 267 Å². The van der Waals surface area contributed by atoms with Gasteiger partial charge in [-0.15, -0.1) is 0 Å². The van der Waals surface area contributed by atoms with E-state index in [0.717, 1.165) is 38.1 Å². The van der Waals surface area contributed by atoms with Gasteiger partial charge in [0.25, 0.3) is 0 Å². The molecule has 2 aliphatic heterocycles. The third-order valence-electron chi connectivity index (χ3n) is 9.05. The number of rotatable bonds is 6. The quantitative estimate of drug-likeness (QED) is 0.379. The highest BCUT2D eigenvalue weighted by Crippen LogP contribution is 2.39. The minimum absolute atomic E-state index is 0.00271. The average Bonchev–Trinajstić information content (AvgIpc) is 2.97. The van der Waals surface area contributed by atoms with E-state index >= 15 is 0 Å². The normalized spacial score (nSPS) is 17.8. The van der Waals surface area contributed by atoms with Gasteiger partial charge in [0.1, 0.15) is 17.2 Å².